The van der Waals surface area contributed by atoms with E-state index in [4.69, 9.17) is 4.52 Å². The van der Waals surface area contributed by atoms with Crippen LogP contribution in [0.25, 0.3) is 0 Å². The molecule has 20 heavy (non-hydrogen) atoms. The highest BCUT2D eigenvalue weighted by atomic mass is 19.1. The number of hydrogen-bond donors (Lipinski definition) is 0. The molecule has 1 saturated heterocycles. The van der Waals surface area contributed by atoms with E-state index in [0.29, 0.717) is 18.1 Å². The molecule has 2 heterocycles. The van der Waals surface area contributed by atoms with Gasteiger partial charge in [0.25, 0.3) is 0 Å². The van der Waals surface area contributed by atoms with Gasteiger partial charge in [0.15, 0.2) is 5.82 Å². The molecule has 1 aliphatic rings. The maximum atomic E-state index is 13.1. The maximum Gasteiger partial charge on any atom is 0.243 e. The molecule has 1 aromatic carbocycles. The number of halogens is 1. The second-order valence-corrected chi connectivity index (χ2v) is 5.35. The molecule has 0 spiro atoms. The lowest BCUT2D eigenvalue weighted by Crippen LogP contribution is -2.29. The van der Waals surface area contributed by atoms with Crippen LogP contribution in [0.3, 0.4) is 0 Å². The Morgan fingerprint density at radius 1 is 1.40 bits per heavy atom. The van der Waals surface area contributed by atoms with Gasteiger partial charge in [-0.05, 0) is 44.1 Å². The molecule has 1 atom stereocenters. The van der Waals surface area contributed by atoms with Gasteiger partial charge in [-0.1, -0.05) is 23.7 Å². The molecule has 1 aliphatic heterocycles. The Morgan fingerprint density at radius 2 is 2.30 bits per heavy atom. The predicted molar refractivity (Wildman–Crippen MR) is 72.7 cm³/mol. The van der Waals surface area contributed by atoms with Gasteiger partial charge in [-0.3, -0.25) is 4.90 Å². The number of rotatable bonds is 3. The summed E-state index contributed by atoms with van der Waals surface area (Å²) >= 11 is 0. The first-order valence-electron chi connectivity index (χ1n) is 6.99. The van der Waals surface area contributed by atoms with Gasteiger partial charge in [0, 0.05) is 6.42 Å². The lowest BCUT2D eigenvalue weighted by molar-refractivity contribution is 0.150. The third-order valence-electron chi connectivity index (χ3n) is 3.79. The first-order valence-corrected chi connectivity index (χ1v) is 6.99. The van der Waals surface area contributed by atoms with Gasteiger partial charge < -0.3 is 4.52 Å². The molecule has 0 bridgehead atoms. The quantitative estimate of drug-likeness (QED) is 0.863. The predicted octanol–water partition coefficient (Wildman–Crippen LogP) is 2.96. The fraction of sp³-hybridized carbons (Fsp3) is 0.467. The van der Waals surface area contributed by atoms with Gasteiger partial charge in [0.05, 0.1) is 6.04 Å². The van der Waals surface area contributed by atoms with Crippen LogP contribution >= 0.6 is 0 Å². The Balaban J connectivity index is 1.73. The zero-order valence-electron chi connectivity index (χ0n) is 11.6. The molecule has 0 N–H and O–H groups in total. The summed E-state index contributed by atoms with van der Waals surface area (Å²) in [7, 11) is 2.08. The SMILES string of the molecule is CN1CCCC[C@@H]1c1nc(Cc2cccc(F)c2)no1. The number of nitrogens with zero attached hydrogens (tertiary/aromatic N) is 3. The Hall–Kier alpha value is -1.75. The highest BCUT2D eigenvalue weighted by Crippen LogP contribution is 2.28. The van der Waals surface area contributed by atoms with Crippen LogP contribution in [0.4, 0.5) is 4.39 Å². The lowest BCUT2D eigenvalue weighted by Gasteiger charge is -2.29. The van der Waals surface area contributed by atoms with Crippen molar-refractivity contribution < 1.29 is 8.91 Å². The maximum absolute atomic E-state index is 13.1. The van der Waals surface area contributed by atoms with Gasteiger partial charge >= 0.3 is 0 Å². The highest BCUT2D eigenvalue weighted by Gasteiger charge is 2.25. The summed E-state index contributed by atoms with van der Waals surface area (Å²) in [5, 5.41) is 4.02. The van der Waals surface area contributed by atoms with E-state index in [9.17, 15) is 4.39 Å². The smallest absolute Gasteiger partial charge is 0.243 e. The first kappa shape index (κ1) is 13.2. The van der Waals surface area contributed by atoms with Gasteiger partial charge in [0.2, 0.25) is 5.89 Å². The van der Waals surface area contributed by atoms with Gasteiger partial charge in [-0.15, -0.1) is 0 Å². The molecule has 2 aromatic rings. The van der Waals surface area contributed by atoms with Gasteiger partial charge in [0.1, 0.15) is 5.82 Å². The summed E-state index contributed by atoms with van der Waals surface area (Å²) in [5.41, 5.74) is 0.856. The van der Waals surface area contributed by atoms with Crippen LogP contribution < -0.4 is 0 Å². The molecular weight excluding hydrogens is 257 g/mol. The van der Waals surface area contributed by atoms with Crippen LogP contribution in [-0.2, 0) is 6.42 Å². The van der Waals surface area contributed by atoms with Crippen LogP contribution in [0.5, 0.6) is 0 Å². The molecule has 1 fully saturated rings. The first-order chi connectivity index (χ1) is 9.72. The molecule has 0 amide bonds. The summed E-state index contributed by atoms with van der Waals surface area (Å²) in [6.07, 6.45) is 3.96. The van der Waals surface area contributed by atoms with E-state index in [1.807, 2.05) is 6.07 Å². The molecule has 1 aromatic heterocycles. The molecule has 106 valence electrons. The Labute approximate surface area is 117 Å². The number of likely N-dealkylation sites (tertiary alicyclic amines) is 1. The molecule has 0 aliphatic carbocycles. The number of aromatic nitrogens is 2. The van der Waals surface area contributed by atoms with Crippen molar-refractivity contribution in [2.24, 2.45) is 0 Å². The van der Waals surface area contributed by atoms with Crippen LogP contribution in [-0.4, -0.2) is 28.6 Å². The van der Waals surface area contributed by atoms with Crippen LogP contribution in [0.1, 0.15) is 42.6 Å². The average molecular weight is 275 g/mol. The lowest BCUT2D eigenvalue weighted by atomic mass is 10.0. The largest absolute Gasteiger partial charge is 0.338 e. The topological polar surface area (TPSA) is 42.2 Å². The Morgan fingerprint density at radius 3 is 3.10 bits per heavy atom. The Bertz CT molecular complexity index is 584. The van der Waals surface area contributed by atoms with E-state index in [1.54, 1.807) is 6.07 Å². The summed E-state index contributed by atoms with van der Waals surface area (Å²) in [6.45, 7) is 1.06. The zero-order valence-corrected chi connectivity index (χ0v) is 11.6. The van der Waals surface area contributed by atoms with Crippen molar-refractivity contribution in [1.82, 2.24) is 15.0 Å². The summed E-state index contributed by atoms with van der Waals surface area (Å²) < 4.78 is 18.5. The van der Waals surface area contributed by atoms with Crippen LogP contribution in [0, 0.1) is 5.82 Å². The van der Waals surface area contributed by atoms with Crippen molar-refractivity contribution in [3.05, 3.63) is 47.4 Å². The van der Waals surface area contributed by atoms with Crippen molar-refractivity contribution in [3.8, 4) is 0 Å². The third kappa shape index (κ3) is 2.88. The molecule has 0 unspecified atom stereocenters. The van der Waals surface area contributed by atoms with Crippen LogP contribution in [0.2, 0.25) is 0 Å². The molecule has 3 rings (SSSR count). The van der Waals surface area contributed by atoms with Crippen molar-refractivity contribution in [2.75, 3.05) is 13.6 Å². The van der Waals surface area contributed by atoms with E-state index < -0.39 is 0 Å². The van der Waals surface area contributed by atoms with Gasteiger partial charge in [-0.25, -0.2) is 4.39 Å². The van der Waals surface area contributed by atoms with Crippen molar-refractivity contribution >= 4 is 0 Å². The van der Waals surface area contributed by atoms with Gasteiger partial charge in [-0.2, -0.15) is 4.98 Å². The minimum Gasteiger partial charge on any atom is -0.338 e. The standard InChI is InChI=1S/C15H18FN3O/c1-19-8-3-2-7-13(19)15-17-14(18-20-15)10-11-5-4-6-12(16)9-11/h4-6,9,13H,2-3,7-8,10H2,1H3/t13-/m1/s1. The second-order valence-electron chi connectivity index (χ2n) is 5.35. The van der Waals surface area contributed by atoms with E-state index in [-0.39, 0.29) is 11.9 Å². The zero-order chi connectivity index (χ0) is 13.9. The Kier molecular flexibility index (Phi) is 3.78. The monoisotopic (exact) mass is 275 g/mol. The minimum atomic E-state index is -0.238. The molecule has 5 heteroatoms. The fourth-order valence-corrected chi connectivity index (χ4v) is 2.69. The van der Waals surface area contributed by atoms with Crippen molar-refractivity contribution in [3.63, 3.8) is 0 Å². The normalized spacial score (nSPS) is 20.2. The van der Waals surface area contributed by atoms with E-state index >= 15 is 0 Å². The van der Waals surface area contributed by atoms with Crippen molar-refractivity contribution in [2.45, 2.75) is 31.7 Å². The molecular formula is C15H18FN3O. The van der Waals surface area contributed by atoms with Crippen molar-refractivity contribution in [1.29, 1.82) is 0 Å². The second kappa shape index (κ2) is 5.71. The summed E-state index contributed by atoms with van der Waals surface area (Å²) in [4.78, 5) is 6.72. The average Bonchev–Trinajstić information content (AvgIpc) is 2.87. The molecule has 0 saturated carbocycles. The molecule has 0 radical (unpaired) electrons. The van der Waals surface area contributed by atoms with Crippen LogP contribution in [0.15, 0.2) is 28.8 Å². The van der Waals surface area contributed by atoms with E-state index in [0.717, 1.165) is 18.5 Å². The van der Waals surface area contributed by atoms with E-state index in [1.165, 1.54) is 25.0 Å². The van der Waals surface area contributed by atoms with E-state index in [2.05, 4.69) is 22.1 Å². The third-order valence-corrected chi connectivity index (χ3v) is 3.79. The number of piperidine rings is 1. The highest BCUT2D eigenvalue weighted by molar-refractivity contribution is 5.19. The number of hydrogen-bond acceptors (Lipinski definition) is 4. The summed E-state index contributed by atoms with van der Waals surface area (Å²) in [5.74, 6) is 1.06. The summed E-state index contributed by atoms with van der Waals surface area (Å²) in [6, 6.07) is 6.72. The fourth-order valence-electron chi connectivity index (χ4n) is 2.69. The number of benzene rings is 1. The molecule has 4 nitrogen and oxygen atoms in total. The minimum absolute atomic E-state index is 0.220.